The van der Waals surface area contributed by atoms with Crippen LogP contribution in [0, 0.1) is 17.3 Å². The van der Waals surface area contributed by atoms with Crippen LogP contribution in [0.3, 0.4) is 0 Å². The number of carbonyl (C=O) groups is 2. The Balaban J connectivity index is 2.37. The van der Waals surface area contributed by atoms with E-state index >= 15 is 0 Å². The van der Waals surface area contributed by atoms with Crippen LogP contribution in [-0.2, 0) is 9.59 Å². The van der Waals surface area contributed by atoms with Gasteiger partial charge < -0.3 is 10.8 Å². The van der Waals surface area contributed by atoms with Crippen molar-refractivity contribution in [2.45, 2.75) is 65.1 Å². The normalized spacial score (nSPS) is 38.3. The maximum absolute atomic E-state index is 13.0. The molecule has 0 radical (unpaired) electrons. The van der Waals surface area contributed by atoms with Gasteiger partial charge in [-0.3, -0.25) is 9.69 Å². The molecule has 0 spiro atoms. The molecule has 3 N–H and O–H groups in total. The first-order chi connectivity index (χ1) is 9.55. The first kappa shape index (κ1) is 16.4. The molecule has 2 aliphatic rings. The van der Waals surface area contributed by atoms with Crippen molar-refractivity contribution >= 4 is 11.8 Å². The Morgan fingerprint density at radius 3 is 2.19 bits per heavy atom. The second-order valence-corrected chi connectivity index (χ2v) is 7.88. The molecule has 1 saturated carbocycles. The lowest BCUT2D eigenvalue weighted by molar-refractivity contribution is -0.158. The van der Waals surface area contributed by atoms with E-state index in [0.29, 0.717) is 24.8 Å². The predicted octanol–water partition coefficient (Wildman–Crippen LogP) is 1.50. The third-order valence-corrected chi connectivity index (χ3v) is 5.53. The number of nitrogens with two attached hydrogens (primary N) is 1. The molecule has 1 aliphatic heterocycles. The Labute approximate surface area is 126 Å². The van der Waals surface area contributed by atoms with E-state index in [1.807, 2.05) is 25.7 Å². The van der Waals surface area contributed by atoms with Gasteiger partial charge in [0.1, 0.15) is 0 Å². The second kappa shape index (κ2) is 5.06. The summed E-state index contributed by atoms with van der Waals surface area (Å²) in [4.78, 5) is 26.9. The molecule has 0 bridgehead atoms. The average Bonchev–Trinajstić information content (AvgIpc) is 2.78. The third-order valence-electron chi connectivity index (χ3n) is 5.53. The summed E-state index contributed by atoms with van der Waals surface area (Å²) < 4.78 is 0. The zero-order chi connectivity index (χ0) is 16.2. The van der Waals surface area contributed by atoms with E-state index < -0.39 is 23.0 Å². The standard InChI is InChI=1S/C16H28N2O3/c1-9-10(2)11(9)18-8-6-7-16(18,14(20)21)13(19)12(17)15(3,4)5/h9-12H,6-8,17H2,1-5H3,(H,20,21)/t9?,10?,11?,12-,16-/m1/s1. The van der Waals surface area contributed by atoms with Gasteiger partial charge in [0, 0.05) is 12.6 Å². The van der Waals surface area contributed by atoms with Crippen LogP contribution in [0.1, 0.15) is 47.5 Å². The van der Waals surface area contributed by atoms with Gasteiger partial charge >= 0.3 is 5.97 Å². The lowest BCUT2D eigenvalue weighted by Crippen LogP contribution is -2.64. The summed E-state index contributed by atoms with van der Waals surface area (Å²) >= 11 is 0. The van der Waals surface area contributed by atoms with Crippen molar-refractivity contribution in [2.24, 2.45) is 23.0 Å². The van der Waals surface area contributed by atoms with Crippen molar-refractivity contribution in [2.75, 3.05) is 6.54 Å². The highest BCUT2D eigenvalue weighted by atomic mass is 16.4. The minimum Gasteiger partial charge on any atom is -0.480 e. The molecule has 21 heavy (non-hydrogen) atoms. The summed E-state index contributed by atoms with van der Waals surface area (Å²) in [7, 11) is 0. The van der Waals surface area contributed by atoms with E-state index in [9.17, 15) is 14.7 Å². The van der Waals surface area contributed by atoms with Gasteiger partial charge in [-0.1, -0.05) is 34.6 Å². The molecule has 5 nitrogen and oxygen atoms in total. The highest BCUT2D eigenvalue weighted by Gasteiger charge is 2.63. The van der Waals surface area contributed by atoms with Crippen LogP contribution in [0.15, 0.2) is 0 Å². The quantitative estimate of drug-likeness (QED) is 0.768. The maximum Gasteiger partial charge on any atom is 0.331 e. The van der Waals surface area contributed by atoms with Crippen LogP contribution >= 0.6 is 0 Å². The summed E-state index contributed by atoms with van der Waals surface area (Å²) in [6, 6.07) is -0.571. The van der Waals surface area contributed by atoms with Crippen molar-refractivity contribution in [3.63, 3.8) is 0 Å². The molecule has 4 atom stereocenters. The van der Waals surface area contributed by atoms with Crippen LogP contribution in [0.4, 0.5) is 0 Å². The largest absolute Gasteiger partial charge is 0.480 e. The number of aliphatic carboxylic acids is 1. The van der Waals surface area contributed by atoms with E-state index in [1.165, 1.54) is 0 Å². The fourth-order valence-corrected chi connectivity index (χ4v) is 3.70. The summed E-state index contributed by atoms with van der Waals surface area (Å²) in [5, 5.41) is 9.85. The smallest absolute Gasteiger partial charge is 0.331 e. The molecule has 1 aliphatic carbocycles. The molecular formula is C16H28N2O3. The summed E-state index contributed by atoms with van der Waals surface area (Å²) in [6.07, 6.45) is 1.12. The van der Waals surface area contributed by atoms with E-state index in [-0.39, 0.29) is 11.8 Å². The Morgan fingerprint density at radius 1 is 1.29 bits per heavy atom. The van der Waals surface area contributed by atoms with Crippen LogP contribution in [0.2, 0.25) is 0 Å². The lowest BCUT2D eigenvalue weighted by atomic mass is 9.76. The zero-order valence-corrected chi connectivity index (χ0v) is 13.7. The summed E-state index contributed by atoms with van der Waals surface area (Å²) in [6.45, 7) is 10.6. The number of carboxylic acid groups (broad SMARTS) is 1. The molecule has 2 unspecified atom stereocenters. The maximum atomic E-state index is 13.0. The Morgan fingerprint density at radius 2 is 1.81 bits per heavy atom. The highest BCUT2D eigenvalue weighted by molar-refractivity contribution is 6.10. The second-order valence-electron chi connectivity index (χ2n) is 7.88. The van der Waals surface area contributed by atoms with Crippen LogP contribution in [0.25, 0.3) is 0 Å². The molecule has 0 aromatic heterocycles. The number of Topliss-reactive ketones (excluding diaryl/α,β-unsaturated/α-hetero) is 1. The Bertz CT molecular complexity index is 449. The van der Waals surface area contributed by atoms with Crippen molar-refractivity contribution in [3.05, 3.63) is 0 Å². The Hall–Kier alpha value is -0.940. The molecule has 0 aromatic rings. The fourth-order valence-electron chi connectivity index (χ4n) is 3.70. The Kier molecular flexibility index (Phi) is 3.96. The predicted molar refractivity (Wildman–Crippen MR) is 80.9 cm³/mol. The molecule has 0 amide bonds. The SMILES string of the molecule is CC1C(C)C1N1CCC[C@]1(C(=O)O)C(=O)[C@@H](N)C(C)(C)C. The van der Waals surface area contributed by atoms with Crippen LogP contribution < -0.4 is 5.73 Å². The molecule has 1 heterocycles. The number of carboxylic acids is 1. The molecule has 5 heteroatoms. The molecule has 2 fully saturated rings. The van der Waals surface area contributed by atoms with Gasteiger partial charge in [-0.05, 0) is 30.1 Å². The number of carbonyl (C=O) groups excluding carboxylic acids is 1. The number of hydrogen-bond donors (Lipinski definition) is 2. The molecule has 1 saturated heterocycles. The fraction of sp³-hybridized carbons (Fsp3) is 0.875. The molecule has 120 valence electrons. The van der Waals surface area contributed by atoms with Crippen LogP contribution in [0.5, 0.6) is 0 Å². The molecule has 2 rings (SSSR count). The van der Waals surface area contributed by atoms with E-state index in [4.69, 9.17) is 5.73 Å². The average molecular weight is 296 g/mol. The van der Waals surface area contributed by atoms with Crippen molar-refractivity contribution < 1.29 is 14.7 Å². The van der Waals surface area contributed by atoms with Gasteiger partial charge in [-0.25, -0.2) is 4.79 Å². The number of ketones is 1. The summed E-state index contributed by atoms with van der Waals surface area (Å²) in [5.41, 5.74) is 4.25. The van der Waals surface area contributed by atoms with E-state index in [2.05, 4.69) is 13.8 Å². The van der Waals surface area contributed by atoms with Gasteiger partial charge in [0.05, 0.1) is 6.04 Å². The first-order valence-corrected chi connectivity index (χ1v) is 7.85. The van der Waals surface area contributed by atoms with Gasteiger partial charge in [-0.2, -0.15) is 0 Å². The molecular weight excluding hydrogens is 268 g/mol. The topological polar surface area (TPSA) is 83.6 Å². The van der Waals surface area contributed by atoms with Crippen LogP contribution in [-0.4, -0.2) is 45.9 Å². The van der Waals surface area contributed by atoms with Gasteiger partial charge in [0.25, 0.3) is 0 Å². The minimum absolute atomic E-state index is 0.194. The number of nitrogens with zero attached hydrogens (tertiary/aromatic N) is 1. The number of likely N-dealkylation sites (tertiary alicyclic amines) is 1. The van der Waals surface area contributed by atoms with Crippen molar-refractivity contribution in [1.29, 1.82) is 0 Å². The summed E-state index contributed by atoms with van der Waals surface area (Å²) in [5.74, 6) is -0.469. The highest BCUT2D eigenvalue weighted by Crippen LogP contribution is 2.49. The molecule has 0 aromatic carbocycles. The number of rotatable bonds is 4. The van der Waals surface area contributed by atoms with Gasteiger partial charge in [0.15, 0.2) is 11.3 Å². The van der Waals surface area contributed by atoms with Gasteiger partial charge in [0.2, 0.25) is 0 Å². The minimum atomic E-state index is -1.42. The van der Waals surface area contributed by atoms with E-state index in [1.54, 1.807) is 0 Å². The monoisotopic (exact) mass is 296 g/mol. The van der Waals surface area contributed by atoms with Crippen molar-refractivity contribution in [1.82, 2.24) is 4.90 Å². The third kappa shape index (κ3) is 2.40. The zero-order valence-electron chi connectivity index (χ0n) is 13.7. The van der Waals surface area contributed by atoms with Gasteiger partial charge in [-0.15, -0.1) is 0 Å². The number of hydrogen-bond acceptors (Lipinski definition) is 4. The van der Waals surface area contributed by atoms with Crippen molar-refractivity contribution in [3.8, 4) is 0 Å². The van der Waals surface area contributed by atoms with E-state index in [0.717, 1.165) is 6.42 Å². The lowest BCUT2D eigenvalue weighted by Gasteiger charge is -2.38. The first-order valence-electron chi connectivity index (χ1n) is 7.85.